The third-order valence-corrected chi connectivity index (χ3v) is 6.46. The molecule has 0 aromatic carbocycles. The van der Waals surface area contributed by atoms with E-state index in [1.54, 1.807) is 0 Å². The third-order valence-electron chi connectivity index (χ3n) is 5.16. The fraction of sp³-hybridized carbons (Fsp3) is 0.769. The van der Waals surface area contributed by atoms with E-state index in [9.17, 15) is 4.79 Å². The van der Waals surface area contributed by atoms with Crippen LogP contribution in [0.3, 0.4) is 0 Å². The molecule has 2 heteroatoms. The number of allylic oxidation sites excluding steroid dienone is 2. The molecule has 0 aromatic heterocycles. The SMILES string of the molecule is CCC1(C)C(Br)=C(C=O)C(C)(C)C1(C)C. The lowest BCUT2D eigenvalue weighted by Crippen LogP contribution is -2.40. The molecule has 1 nitrogen and oxygen atoms in total. The van der Waals surface area contributed by atoms with E-state index < -0.39 is 0 Å². The molecule has 0 N–H and O–H groups in total. The lowest BCUT2D eigenvalue weighted by atomic mass is 9.57. The van der Waals surface area contributed by atoms with E-state index in [1.807, 2.05) is 0 Å². The highest BCUT2D eigenvalue weighted by Crippen LogP contribution is 2.67. The molecule has 0 amide bonds. The van der Waals surface area contributed by atoms with E-state index in [-0.39, 0.29) is 16.2 Å². The van der Waals surface area contributed by atoms with Crippen LogP contribution < -0.4 is 0 Å². The monoisotopic (exact) mass is 272 g/mol. The van der Waals surface area contributed by atoms with Crippen molar-refractivity contribution in [3.63, 3.8) is 0 Å². The summed E-state index contributed by atoms with van der Waals surface area (Å²) >= 11 is 3.65. The molecule has 0 saturated carbocycles. The van der Waals surface area contributed by atoms with E-state index in [0.29, 0.717) is 0 Å². The Bertz CT molecular complexity index is 325. The third kappa shape index (κ3) is 1.30. The number of carbonyl (C=O) groups is 1. The Kier molecular flexibility index (Phi) is 2.97. The van der Waals surface area contributed by atoms with Gasteiger partial charge in [-0.1, -0.05) is 57.5 Å². The van der Waals surface area contributed by atoms with E-state index in [2.05, 4.69) is 57.5 Å². The summed E-state index contributed by atoms with van der Waals surface area (Å²) in [6.07, 6.45) is 2.06. The molecule has 0 spiro atoms. The lowest BCUT2D eigenvalue weighted by Gasteiger charge is -2.47. The van der Waals surface area contributed by atoms with Gasteiger partial charge in [0.1, 0.15) is 6.29 Å². The first kappa shape index (κ1) is 13.0. The molecule has 0 aromatic rings. The normalized spacial score (nSPS) is 33.3. The van der Waals surface area contributed by atoms with Crippen LogP contribution in [0, 0.1) is 16.2 Å². The first-order chi connectivity index (χ1) is 6.66. The van der Waals surface area contributed by atoms with Gasteiger partial charge in [0.05, 0.1) is 0 Å². The van der Waals surface area contributed by atoms with Crippen LogP contribution in [0.15, 0.2) is 10.1 Å². The molecule has 1 unspecified atom stereocenters. The van der Waals surface area contributed by atoms with Crippen LogP contribution in [0.2, 0.25) is 0 Å². The predicted octanol–water partition coefficient (Wildman–Crippen LogP) is 4.32. The Hall–Kier alpha value is -0.110. The van der Waals surface area contributed by atoms with Crippen molar-refractivity contribution in [3.8, 4) is 0 Å². The van der Waals surface area contributed by atoms with Gasteiger partial charge in [-0.05, 0) is 17.3 Å². The smallest absolute Gasteiger partial charge is 0.147 e. The fourth-order valence-corrected chi connectivity index (χ4v) is 4.03. The van der Waals surface area contributed by atoms with E-state index >= 15 is 0 Å². The number of hydrogen-bond acceptors (Lipinski definition) is 1. The molecule has 0 bridgehead atoms. The van der Waals surface area contributed by atoms with Crippen molar-refractivity contribution >= 4 is 22.2 Å². The van der Waals surface area contributed by atoms with Crippen molar-refractivity contribution in [2.24, 2.45) is 16.2 Å². The molecule has 15 heavy (non-hydrogen) atoms. The van der Waals surface area contributed by atoms with Gasteiger partial charge in [0.2, 0.25) is 0 Å². The van der Waals surface area contributed by atoms with Crippen molar-refractivity contribution < 1.29 is 4.79 Å². The Morgan fingerprint density at radius 3 is 1.87 bits per heavy atom. The highest BCUT2D eigenvalue weighted by atomic mass is 79.9. The molecule has 1 aliphatic rings. The van der Waals surface area contributed by atoms with Crippen LogP contribution in [0.5, 0.6) is 0 Å². The molecule has 86 valence electrons. The second kappa shape index (κ2) is 3.44. The van der Waals surface area contributed by atoms with Crippen molar-refractivity contribution in [2.75, 3.05) is 0 Å². The summed E-state index contributed by atoms with van der Waals surface area (Å²) in [5.74, 6) is 0. The second-order valence-corrected chi connectivity index (χ2v) is 6.57. The van der Waals surface area contributed by atoms with Crippen molar-refractivity contribution in [2.45, 2.75) is 48.0 Å². The van der Waals surface area contributed by atoms with Crippen molar-refractivity contribution in [1.29, 1.82) is 0 Å². The molecule has 1 rings (SSSR count). The number of halogens is 1. The Morgan fingerprint density at radius 1 is 1.20 bits per heavy atom. The number of rotatable bonds is 2. The van der Waals surface area contributed by atoms with Crippen molar-refractivity contribution in [1.82, 2.24) is 0 Å². The summed E-state index contributed by atoms with van der Waals surface area (Å²) in [5, 5.41) is 0. The van der Waals surface area contributed by atoms with Crippen LogP contribution in [-0.4, -0.2) is 6.29 Å². The highest BCUT2D eigenvalue weighted by molar-refractivity contribution is 9.11. The Morgan fingerprint density at radius 2 is 1.67 bits per heavy atom. The summed E-state index contributed by atoms with van der Waals surface area (Å²) in [5.41, 5.74) is 1.01. The van der Waals surface area contributed by atoms with Gasteiger partial charge in [-0.25, -0.2) is 0 Å². The molecule has 0 radical (unpaired) electrons. The molecule has 1 aliphatic carbocycles. The van der Waals surface area contributed by atoms with E-state index in [0.717, 1.165) is 22.8 Å². The summed E-state index contributed by atoms with van der Waals surface area (Å²) in [6.45, 7) is 13.3. The minimum atomic E-state index is -0.0711. The zero-order valence-electron chi connectivity index (χ0n) is 10.6. The highest BCUT2D eigenvalue weighted by Gasteiger charge is 2.58. The number of hydrogen-bond donors (Lipinski definition) is 0. The van der Waals surface area contributed by atoms with Gasteiger partial charge in [0.15, 0.2) is 0 Å². The van der Waals surface area contributed by atoms with E-state index in [1.165, 1.54) is 0 Å². The van der Waals surface area contributed by atoms with Gasteiger partial charge in [-0.15, -0.1) is 0 Å². The molecule has 0 heterocycles. The first-order valence-electron chi connectivity index (χ1n) is 5.52. The minimum Gasteiger partial charge on any atom is -0.298 e. The summed E-state index contributed by atoms with van der Waals surface area (Å²) in [7, 11) is 0. The van der Waals surface area contributed by atoms with Gasteiger partial charge >= 0.3 is 0 Å². The van der Waals surface area contributed by atoms with E-state index in [4.69, 9.17) is 0 Å². The maximum absolute atomic E-state index is 11.2. The quantitative estimate of drug-likeness (QED) is 0.685. The molecule has 0 fully saturated rings. The summed E-state index contributed by atoms with van der Waals surface area (Å²) < 4.78 is 1.10. The average Bonchev–Trinajstić information content (AvgIpc) is 2.24. The van der Waals surface area contributed by atoms with Crippen LogP contribution >= 0.6 is 15.9 Å². The maximum Gasteiger partial charge on any atom is 0.147 e. The van der Waals surface area contributed by atoms with Crippen LogP contribution in [0.1, 0.15) is 48.0 Å². The van der Waals surface area contributed by atoms with Gasteiger partial charge in [-0.3, -0.25) is 4.79 Å². The maximum atomic E-state index is 11.2. The number of carbonyl (C=O) groups excluding carboxylic acids is 1. The van der Waals surface area contributed by atoms with Gasteiger partial charge in [-0.2, -0.15) is 0 Å². The van der Waals surface area contributed by atoms with Crippen LogP contribution in [-0.2, 0) is 4.79 Å². The first-order valence-corrected chi connectivity index (χ1v) is 6.32. The van der Waals surface area contributed by atoms with Gasteiger partial charge in [0, 0.05) is 15.5 Å². The molecule has 0 saturated heterocycles. The molecular weight excluding hydrogens is 252 g/mol. The Labute approximate surface area is 101 Å². The summed E-state index contributed by atoms with van der Waals surface area (Å²) in [6, 6.07) is 0. The van der Waals surface area contributed by atoms with Crippen LogP contribution in [0.25, 0.3) is 0 Å². The van der Waals surface area contributed by atoms with Crippen LogP contribution in [0.4, 0.5) is 0 Å². The zero-order chi connectivity index (χ0) is 12.1. The average molecular weight is 273 g/mol. The van der Waals surface area contributed by atoms with Gasteiger partial charge < -0.3 is 0 Å². The largest absolute Gasteiger partial charge is 0.298 e. The second-order valence-electron chi connectivity index (χ2n) is 5.78. The van der Waals surface area contributed by atoms with Gasteiger partial charge in [0.25, 0.3) is 0 Å². The Balaban J connectivity index is 3.49. The summed E-state index contributed by atoms with van der Waals surface area (Å²) in [4.78, 5) is 11.2. The zero-order valence-corrected chi connectivity index (χ0v) is 12.2. The lowest BCUT2D eigenvalue weighted by molar-refractivity contribution is -0.106. The standard InChI is InChI=1S/C13H21BrO/c1-7-13(6)10(14)9(8-15)11(2,3)12(13,4)5/h8H,7H2,1-6H3. The number of aldehydes is 1. The minimum absolute atomic E-state index is 0.0622. The van der Waals surface area contributed by atoms with Crippen molar-refractivity contribution in [3.05, 3.63) is 10.1 Å². The fourth-order valence-electron chi connectivity index (χ4n) is 2.67. The topological polar surface area (TPSA) is 17.1 Å². The molecule has 0 aliphatic heterocycles. The predicted molar refractivity (Wildman–Crippen MR) is 68.0 cm³/mol. The molecular formula is C13H21BrO. The molecule has 1 atom stereocenters.